The lowest BCUT2D eigenvalue weighted by Gasteiger charge is -2.14. The number of hydrogen-bond acceptors (Lipinski definition) is 5. The van der Waals surface area contributed by atoms with Crippen LogP contribution in [0.15, 0.2) is 71.6 Å². The number of H-pyrrole nitrogens is 1. The summed E-state index contributed by atoms with van der Waals surface area (Å²) in [4.78, 5) is 4.66. The van der Waals surface area contributed by atoms with Crippen LogP contribution in [-0.4, -0.2) is 43.6 Å². The number of aromatic nitrogens is 1. The number of anilines is 1. The quantitative estimate of drug-likeness (QED) is 0.225. The molecule has 162 valence electrons. The zero-order valence-electron chi connectivity index (χ0n) is 17.1. The molecule has 8 heteroatoms. The predicted molar refractivity (Wildman–Crippen MR) is 129 cm³/mol. The second-order valence-corrected chi connectivity index (χ2v) is 10.4. The average Bonchev–Trinajstić information content (AvgIpc) is 3.10. The molecule has 0 aliphatic carbocycles. The van der Waals surface area contributed by atoms with Gasteiger partial charge in [-0.1, -0.05) is 36.4 Å². The number of aliphatic hydroxyl groups excluding tert-OH is 1. The molecule has 6 nitrogen and oxygen atoms in total. The minimum Gasteiger partial charge on any atom is -0.387 e. The summed E-state index contributed by atoms with van der Waals surface area (Å²) in [5.41, 5.74) is 3.39. The number of aromatic amines is 1. The standard InChI is InChI=1S/C23H25N3O3S2/c1-31(28,29)26-17-6-4-5-16(13-17)23(27)15-24-11-12-30-18-9-10-20-19-7-2-3-8-21(19)25-22(20)14-18/h2-10,13-14,23-27H,11-12,15H2,1H3. The number of fused-ring (bicyclic) bond motifs is 3. The number of benzene rings is 3. The molecule has 3 aromatic carbocycles. The molecule has 1 atom stereocenters. The molecule has 0 fully saturated rings. The van der Waals surface area contributed by atoms with Gasteiger partial charge in [0.05, 0.1) is 12.4 Å². The van der Waals surface area contributed by atoms with Gasteiger partial charge in [-0.3, -0.25) is 4.72 Å². The van der Waals surface area contributed by atoms with E-state index in [1.54, 1.807) is 36.0 Å². The monoisotopic (exact) mass is 455 g/mol. The highest BCUT2D eigenvalue weighted by atomic mass is 32.2. The Morgan fingerprint density at radius 3 is 2.65 bits per heavy atom. The Balaban J connectivity index is 1.27. The SMILES string of the molecule is CS(=O)(=O)Nc1cccc(C(O)CNCCSc2ccc3c(c2)[nH]c2ccccc23)c1. The molecule has 1 unspecified atom stereocenters. The third-order valence-corrected chi connectivity index (χ3v) is 6.54. The van der Waals surface area contributed by atoms with Gasteiger partial charge >= 0.3 is 0 Å². The van der Waals surface area contributed by atoms with Gasteiger partial charge < -0.3 is 15.4 Å². The van der Waals surface area contributed by atoms with Crippen LogP contribution in [0.3, 0.4) is 0 Å². The topological polar surface area (TPSA) is 94.2 Å². The molecule has 0 saturated carbocycles. The Morgan fingerprint density at radius 1 is 1.00 bits per heavy atom. The molecule has 0 aliphatic rings. The van der Waals surface area contributed by atoms with Crippen LogP contribution in [0.1, 0.15) is 11.7 Å². The van der Waals surface area contributed by atoms with E-state index in [0.29, 0.717) is 17.8 Å². The number of sulfonamides is 1. The number of rotatable bonds is 9. The first-order valence-corrected chi connectivity index (χ1v) is 12.9. The van der Waals surface area contributed by atoms with Gasteiger partial charge in [0.15, 0.2) is 0 Å². The van der Waals surface area contributed by atoms with Crippen LogP contribution in [0.25, 0.3) is 21.8 Å². The molecular weight excluding hydrogens is 430 g/mol. The first kappa shape index (κ1) is 21.7. The first-order valence-electron chi connectivity index (χ1n) is 9.99. The maximum Gasteiger partial charge on any atom is 0.229 e. The Bertz CT molecular complexity index is 1300. The van der Waals surface area contributed by atoms with E-state index in [2.05, 4.69) is 51.4 Å². The largest absolute Gasteiger partial charge is 0.387 e. The van der Waals surface area contributed by atoms with Crippen molar-refractivity contribution in [3.63, 3.8) is 0 Å². The van der Waals surface area contributed by atoms with E-state index in [4.69, 9.17) is 0 Å². The second-order valence-electron chi connectivity index (χ2n) is 7.45. The van der Waals surface area contributed by atoms with E-state index in [1.807, 2.05) is 6.07 Å². The van der Waals surface area contributed by atoms with E-state index in [1.165, 1.54) is 15.7 Å². The van der Waals surface area contributed by atoms with E-state index in [-0.39, 0.29) is 0 Å². The molecule has 4 rings (SSSR count). The van der Waals surface area contributed by atoms with Gasteiger partial charge in [-0.25, -0.2) is 8.42 Å². The van der Waals surface area contributed by atoms with Crippen LogP contribution >= 0.6 is 11.8 Å². The highest BCUT2D eigenvalue weighted by molar-refractivity contribution is 7.99. The van der Waals surface area contributed by atoms with Crippen LogP contribution < -0.4 is 10.0 Å². The third kappa shape index (κ3) is 5.59. The molecule has 4 N–H and O–H groups in total. The summed E-state index contributed by atoms with van der Waals surface area (Å²) in [5.74, 6) is 0.869. The van der Waals surface area contributed by atoms with Gasteiger partial charge in [0.2, 0.25) is 10.0 Å². The fourth-order valence-corrected chi connectivity index (χ4v) is 4.95. The summed E-state index contributed by atoms with van der Waals surface area (Å²) in [6.07, 6.45) is 0.389. The predicted octanol–water partition coefficient (Wildman–Crippen LogP) is 4.11. The fourth-order valence-electron chi connectivity index (χ4n) is 3.54. The Labute approximate surface area is 186 Å². The molecular formula is C23H25N3O3S2. The smallest absolute Gasteiger partial charge is 0.229 e. The van der Waals surface area contributed by atoms with Crippen molar-refractivity contribution in [3.8, 4) is 0 Å². The Kier molecular flexibility index (Phi) is 6.52. The van der Waals surface area contributed by atoms with Gasteiger partial charge in [-0.15, -0.1) is 11.8 Å². The number of aliphatic hydroxyl groups is 1. The highest BCUT2D eigenvalue weighted by Gasteiger charge is 2.10. The Morgan fingerprint density at radius 2 is 1.81 bits per heavy atom. The van der Waals surface area contributed by atoms with E-state index < -0.39 is 16.1 Å². The summed E-state index contributed by atoms with van der Waals surface area (Å²) in [6.45, 7) is 1.14. The van der Waals surface area contributed by atoms with Crippen molar-refractivity contribution in [2.75, 3.05) is 29.8 Å². The summed E-state index contributed by atoms with van der Waals surface area (Å²) >= 11 is 1.76. The second kappa shape index (κ2) is 9.32. The maximum atomic E-state index is 11.4. The van der Waals surface area contributed by atoms with Gasteiger partial charge in [0.25, 0.3) is 0 Å². The van der Waals surface area contributed by atoms with Crippen molar-refractivity contribution in [1.29, 1.82) is 0 Å². The third-order valence-electron chi connectivity index (χ3n) is 4.94. The van der Waals surface area contributed by atoms with Crippen molar-refractivity contribution >= 4 is 49.3 Å². The molecule has 0 spiro atoms. The molecule has 1 heterocycles. The first-order chi connectivity index (χ1) is 14.9. The van der Waals surface area contributed by atoms with Crippen LogP contribution in [0, 0.1) is 0 Å². The number of nitrogens with one attached hydrogen (secondary N) is 3. The molecule has 31 heavy (non-hydrogen) atoms. The normalized spacial score (nSPS) is 13.0. The summed E-state index contributed by atoms with van der Waals surface area (Å²) in [7, 11) is -3.34. The molecule has 0 aliphatic heterocycles. The van der Waals surface area contributed by atoms with Crippen LogP contribution in [0.2, 0.25) is 0 Å². The van der Waals surface area contributed by atoms with Crippen molar-refractivity contribution < 1.29 is 13.5 Å². The maximum absolute atomic E-state index is 11.4. The molecule has 0 saturated heterocycles. The number of hydrogen-bond donors (Lipinski definition) is 4. The van der Waals surface area contributed by atoms with E-state index >= 15 is 0 Å². The van der Waals surface area contributed by atoms with E-state index in [0.717, 1.165) is 29.6 Å². The fraction of sp³-hybridized carbons (Fsp3) is 0.217. The summed E-state index contributed by atoms with van der Waals surface area (Å²) in [6, 6.07) is 21.6. The Hall–Kier alpha value is -2.52. The summed E-state index contributed by atoms with van der Waals surface area (Å²) < 4.78 is 25.2. The van der Waals surface area contributed by atoms with Crippen molar-refractivity contribution in [2.45, 2.75) is 11.0 Å². The summed E-state index contributed by atoms with van der Waals surface area (Å²) in [5, 5.41) is 16.1. The number of para-hydroxylation sites is 1. The van der Waals surface area contributed by atoms with Crippen molar-refractivity contribution in [3.05, 3.63) is 72.3 Å². The lowest BCUT2D eigenvalue weighted by molar-refractivity contribution is 0.176. The zero-order chi connectivity index (χ0) is 21.8. The van der Waals surface area contributed by atoms with Crippen LogP contribution in [0.5, 0.6) is 0 Å². The lowest BCUT2D eigenvalue weighted by atomic mass is 10.1. The van der Waals surface area contributed by atoms with Gasteiger partial charge in [0, 0.05) is 51.2 Å². The molecule has 1 aromatic heterocycles. The number of thioether (sulfide) groups is 1. The lowest BCUT2D eigenvalue weighted by Crippen LogP contribution is -2.23. The van der Waals surface area contributed by atoms with Gasteiger partial charge in [0.1, 0.15) is 0 Å². The highest BCUT2D eigenvalue weighted by Crippen LogP contribution is 2.29. The molecule has 0 bridgehead atoms. The van der Waals surface area contributed by atoms with Gasteiger partial charge in [-0.2, -0.15) is 0 Å². The zero-order valence-corrected chi connectivity index (χ0v) is 18.8. The minimum absolute atomic E-state index is 0.393. The minimum atomic E-state index is -3.34. The van der Waals surface area contributed by atoms with Crippen LogP contribution in [0.4, 0.5) is 5.69 Å². The van der Waals surface area contributed by atoms with Crippen molar-refractivity contribution in [1.82, 2.24) is 10.3 Å². The van der Waals surface area contributed by atoms with E-state index in [9.17, 15) is 13.5 Å². The van der Waals surface area contributed by atoms with Crippen molar-refractivity contribution in [2.24, 2.45) is 0 Å². The van der Waals surface area contributed by atoms with Gasteiger partial charge in [-0.05, 0) is 35.9 Å². The average molecular weight is 456 g/mol. The molecule has 0 amide bonds. The van der Waals surface area contributed by atoms with Crippen LogP contribution in [-0.2, 0) is 10.0 Å². The molecule has 4 aromatic rings. The molecule has 0 radical (unpaired) electrons.